The Balaban J connectivity index is 1.86. The molecule has 2 unspecified atom stereocenters. The zero-order chi connectivity index (χ0) is 14.8. The minimum atomic E-state index is -0.441. The number of hydrogen-bond acceptors (Lipinski definition) is 6. The molecule has 1 aromatic heterocycles. The van der Waals surface area contributed by atoms with Crippen LogP contribution in [-0.4, -0.2) is 26.9 Å². The molecular formula is C14H16FN3OS2. The molecule has 21 heavy (non-hydrogen) atoms. The van der Waals surface area contributed by atoms with Crippen molar-refractivity contribution in [2.24, 2.45) is 0 Å². The molecule has 1 fully saturated rings. The van der Waals surface area contributed by atoms with Gasteiger partial charge in [-0.05, 0) is 24.6 Å². The number of benzene rings is 1. The predicted molar refractivity (Wildman–Crippen MR) is 85.8 cm³/mol. The molecule has 112 valence electrons. The second-order valence-electron chi connectivity index (χ2n) is 4.80. The summed E-state index contributed by atoms with van der Waals surface area (Å²) in [7, 11) is 0. The fourth-order valence-electron chi connectivity index (χ4n) is 2.29. The first kappa shape index (κ1) is 14.7. The third kappa shape index (κ3) is 3.03. The van der Waals surface area contributed by atoms with Crippen LogP contribution >= 0.6 is 23.5 Å². The lowest BCUT2D eigenvalue weighted by Gasteiger charge is -2.27. The Morgan fingerprint density at radius 3 is 2.95 bits per heavy atom. The topological polar surface area (TPSA) is 64.9 Å². The summed E-state index contributed by atoms with van der Waals surface area (Å²) >= 11 is 3.84. The van der Waals surface area contributed by atoms with Crippen LogP contribution in [0.4, 0.5) is 10.1 Å². The van der Waals surface area contributed by atoms with E-state index in [9.17, 15) is 4.39 Å². The molecule has 7 heteroatoms. The lowest BCUT2D eigenvalue weighted by molar-refractivity contribution is 0.421. The van der Waals surface area contributed by atoms with Crippen LogP contribution in [0, 0.1) is 5.82 Å². The van der Waals surface area contributed by atoms with E-state index in [-0.39, 0.29) is 10.9 Å². The molecule has 3 rings (SSSR count). The van der Waals surface area contributed by atoms with E-state index in [1.807, 2.05) is 23.5 Å². The second kappa shape index (κ2) is 6.27. The first-order chi connectivity index (χ1) is 10.2. The Bertz CT molecular complexity index is 634. The number of anilines is 1. The van der Waals surface area contributed by atoms with E-state index in [1.54, 1.807) is 6.07 Å². The van der Waals surface area contributed by atoms with Gasteiger partial charge in [0.25, 0.3) is 5.89 Å². The van der Waals surface area contributed by atoms with Crippen molar-refractivity contribution in [1.82, 2.24) is 10.1 Å². The molecule has 0 amide bonds. The number of aromatic nitrogens is 2. The monoisotopic (exact) mass is 325 g/mol. The third-order valence-corrected chi connectivity index (χ3v) is 6.63. The molecule has 0 radical (unpaired) electrons. The van der Waals surface area contributed by atoms with E-state index < -0.39 is 5.82 Å². The second-order valence-corrected chi connectivity index (χ2v) is 7.40. The smallest absolute Gasteiger partial charge is 0.258 e. The van der Waals surface area contributed by atoms with Gasteiger partial charge in [0.05, 0.1) is 10.9 Å². The Morgan fingerprint density at radius 2 is 2.19 bits per heavy atom. The quantitative estimate of drug-likeness (QED) is 0.867. The zero-order valence-electron chi connectivity index (χ0n) is 11.6. The molecule has 4 nitrogen and oxygen atoms in total. The summed E-state index contributed by atoms with van der Waals surface area (Å²) in [5, 5.41) is 4.87. The number of thioether (sulfide) groups is 2. The molecule has 1 saturated heterocycles. The van der Waals surface area contributed by atoms with E-state index in [2.05, 4.69) is 17.1 Å². The largest absolute Gasteiger partial charge is 0.396 e. The van der Waals surface area contributed by atoms with Crippen molar-refractivity contribution in [3.05, 3.63) is 29.8 Å². The highest BCUT2D eigenvalue weighted by molar-refractivity contribution is 8.06. The van der Waals surface area contributed by atoms with Crippen molar-refractivity contribution in [2.75, 3.05) is 17.2 Å². The van der Waals surface area contributed by atoms with Crippen molar-refractivity contribution >= 4 is 29.2 Å². The maximum Gasteiger partial charge on any atom is 0.258 e. The maximum absolute atomic E-state index is 13.2. The molecule has 0 spiro atoms. The standard InChI is InChI=1S/C14H16FN3OS2/c1-2-11-12(21-6-5-20-11)13-17-14(19-18-13)8-3-4-9(15)10(16)7-8/h3-4,7,11-12H,2,5-6,16H2,1H3. The van der Waals surface area contributed by atoms with E-state index in [4.69, 9.17) is 10.3 Å². The van der Waals surface area contributed by atoms with Crippen LogP contribution in [0.1, 0.15) is 24.4 Å². The normalized spacial score (nSPS) is 22.4. The van der Waals surface area contributed by atoms with Crippen molar-refractivity contribution in [1.29, 1.82) is 0 Å². The Hall–Kier alpha value is -1.21. The van der Waals surface area contributed by atoms with Crippen LogP contribution in [0.2, 0.25) is 0 Å². The van der Waals surface area contributed by atoms with Gasteiger partial charge in [0, 0.05) is 22.3 Å². The highest BCUT2D eigenvalue weighted by Crippen LogP contribution is 2.43. The molecule has 0 bridgehead atoms. The van der Waals surface area contributed by atoms with Gasteiger partial charge in [0.2, 0.25) is 0 Å². The Labute approximate surface area is 131 Å². The van der Waals surface area contributed by atoms with Gasteiger partial charge in [-0.15, -0.1) is 11.8 Å². The number of nitrogen functional groups attached to an aromatic ring is 1. The lowest BCUT2D eigenvalue weighted by atomic mass is 10.2. The minimum absolute atomic E-state index is 0.0845. The van der Waals surface area contributed by atoms with Gasteiger partial charge in [-0.25, -0.2) is 4.39 Å². The Morgan fingerprint density at radius 1 is 1.38 bits per heavy atom. The van der Waals surface area contributed by atoms with E-state index in [1.165, 1.54) is 17.9 Å². The van der Waals surface area contributed by atoms with Gasteiger partial charge in [-0.2, -0.15) is 16.7 Å². The summed E-state index contributed by atoms with van der Waals surface area (Å²) in [5.41, 5.74) is 6.31. The maximum atomic E-state index is 13.2. The van der Waals surface area contributed by atoms with Crippen LogP contribution in [0.3, 0.4) is 0 Å². The summed E-state index contributed by atoms with van der Waals surface area (Å²) in [6, 6.07) is 4.43. The first-order valence-corrected chi connectivity index (χ1v) is 8.91. The number of rotatable bonds is 3. The number of halogens is 1. The fraction of sp³-hybridized carbons (Fsp3) is 0.429. The fourth-order valence-corrected chi connectivity index (χ4v) is 5.27. The van der Waals surface area contributed by atoms with E-state index in [0.717, 1.165) is 18.0 Å². The van der Waals surface area contributed by atoms with Gasteiger partial charge in [0.15, 0.2) is 5.82 Å². The van der Waals surface area contributed by atoms with Gasteiger partial charge in [-0.1, -0.05) is 12.1 Å². The molecule has 1 aliphatic heterocycles. The van der Waals surface area contributed by atoms with Crippen molar-refractivity contribution < 1.29 is 8.91 Å². The predicted octanol–water partition coefficient (Wildman–Crippen LogP) is 3.76. The van der Waals surface area contributed by atoms with Crippen molar-refractivity contribution in [3.63, 3.8) is 0 Å². The molecular weight excluding hydrogens is 309 g/mol. The lowest BCUT2D eigenvalue weighted by Crippen LogP contribution is -2.19. The highest BCUT2D eigenvalue weighted by atomic mass is 32.2. The number of nitrogens with zero attached hydrogens (tertiary/aromatic N) is 2. The van der Waals surface area contributed by atoms with E-state index in [0.29, 0.717) is 16.7 Å². The Kier molecular flexibility index (Phi) is 4.40. The summed E-state index contributed by atoms with van der Waals surface area (Å²) in [6.45, 7) is 2.18. The first-order valence-electron chi connectivity index (χ1n) is 6.81. The molecule has 2 aromatic rings. The molecule has 2 heterocycles. The SMILES string of the molecule is CCC1SCCSC1c1noc(-c2ccc(F)c(N)c2)n1. The highest BCUT2D eigenvalue weighted by Gasteiger charge is 2.30. The molecule has 0 aliphatic carbocycles. The molecule has 1 aliphatic rings. The zero-order valence-corrected chi connectivity index (χ0v) is 13.2. The summed E-state index contributed by atoms with van der Waals surface area (Å²) < 4.78 is 18.5. The van der Waals surface area contributed by atoms with Gasteiger partial charge in [-0.3, -0.25) is 0 Å². The van der Waals surface area contributed by atoms with Crippen LogP contribution in [0.15, 0.2) is 22.7 Å². The number of hydrogen-bond donors (Lipinski definition) is 1. The van der Waals surface area contributed by atoms with Crippen LogP contribution < -0.4 is 5.73 Å². The van der Waals surface area contributed by atoms with Crippen molar-refractivity contribution in [3.8, 4) is 11.5 Å². The third-order valence-electron chi connectivity index (χ3n) is 3.39. The van der Waals surface area contributed by atoms with Gasteiger partial charge >= 0.3 is 0 Å². The summed E-state index contributed by atoms with van der Waals surface area (Å²) in [4.78, 5) is 4.48. The number of nitrogens with two attached hydrogens (primary N) is 1. The van der Waals surface area contributed by atoms with Crippen LogP contribution in [0.5, 0.6) is 0 Å². The minimum Gasteiger partial charge on any atom is -0.396 e. The molecule has 1 aromatic carbocycles. The average Bonchev–Trinajstić information content (AvgIpc) is 2.99. The average molecular weight is 325 g/mol. The summed E-state index contributed by atoms with van der Waals surface area (Å²) in [5.74, 6) is 2.93. The van der Waals surface area contributed by atoms with Gasteiger partial charge in [0.1, 0.15) is 5.82 Å². The summed E-state index contributed by atoms with van der Waals surface area (Å²) in [6.07, 6.45) is 1.08. The molecule has 2 atom stereocenters. The van der Waals surface area contributed by atoms with Crippen molar-refractivity contribution in [2.45, 2.75) is 23.8 Å². The van der Waals surface area contributed by atoms with Gasteiger partial charge < -0.3 is 10.3 Å². The molecule has 2 N–H and O–H groups in total. The van der Waals surface area contributed by atoms with Crippen LogP contribution in [0.25, 0.3) is 11.5 Å². The van der Waals surface area contributed by atoms with Crippen LogP contribution in [-0.2, 0) is 0 Å². The van der Waals surface area contributed by atoms with E-state index >= 15 is 0 Å². The molecule has 0 saturated carbocycles.